The van der Waals surface area contributed by atoms with Crippen molar-refractivity contribution in [1.29, 1.82) is 0 Å². The van der Waals surface area contributed by atoms with Crippen molar-refractivity contribution in [2.75, 3.05) is 12.5 Å². The summed E-state index contributed by atoms with van der Waals surface area (Å²) < 4.78 is 10.4. The molecule has 1 aromatic rings. The highest BCUT2D eigenvalue weighted by molar-refractivity contribution is 7.80. The lowest BCUT2D eigenvalue weighted by Crippen LogP contribution is -2.18. The SMILES string of the molecule is OC(CCS)C(O)c1ccc2c(c1)OCO2. The molecule has 0 aromatic heterocycles. The molecule has 2 N–H and O–H groups in total. The van der Waals surface area contributed by atoms with Crippen LogP contribution in [0.3, 0.4) is 0 Å². The molecular formula is C11H14O4S. The zero-order valence-electron chi connectivity index (χ0n) is 8.67. The van der Waals surface area contributed by atoms with Crippen molar-refractivity contribution in [3.8, 4) is 11.5 Å². The second kappa shape index (κ2) is 4.95. The summed E-state index contributed by atoms with van der Waals surface area (Å²) in [7, 11) is 0. The molecule has 88 valence electrons. The number of hydrogen-bond acceptors (Lipinski definition) is 5. The monoisotopic (exact) mass is 242 g/mol. The molecule has 0 saturated heterocycles. The van der Waals surface area contributed by atoms with Crippen molar-refractivity contribution in [3.63, 3.8) is 0 Å². The lowest BCUT2D eigenvalue weighted by atomic mass is 10.0. The fourth-order valence-corrected chi connectivity index (χ4v) is 1.87. The summed E-state index contributed by atoms with van der Waals surface area (Å²) in [5.41, 5.74) is 0.624. The third-order valence-electron chi connectivity index (χ3n) is 2.53. The number of thiol groups is 1. The molecule has 1 heterocycles. The van der Waals surface area contributed by atoms with Crippen LogP contribution in [-0.2, 0) is 0 Å². The summed E-state index contributed by atoms with van der Waals surface area (Å²) in [6.45, 7) is 0.202. The van der Waals surface area contributed by atoms with Crippen LogP contribution in [0.25, 0.3) is 0 Å². The number of hydrogen-bond donors (Lipinski definition) is 3. The first-order chi connectivity index (χ1) is 7.72. The van der Waals surface area contributed by atoms with E-state index in [9.17, 15) is 10.2 Å². The predicted octanol–water partition coefficient (Wildman–Crippen LogP) is 1.13. The molecule has 0 amide bonds. The van der Waals surface area contributed by atoms with Crippen molar-refractivity contribution in [2.45, 2.75) is 18.6 Å². The van der Waals surface area contributed by atoms with E-state index in [2.05, 4.69) is 12.6 Å². The Hall–Kier alpha value is -0.910. The van der Waals surface area contributed by atoms with Crippen LogP contribution in [0, 0.1) is 0 Å². The zero-order chi connectivity index (χ0) is 11.5. The van der Waals surface area contributed by atoms with Crippen LogP contribution in [0.4, 0.5) is 0 Å². The number of fused-ring (bicyclic) bond motifs is 1. The van der Waals surface area contributed by atoms with Gasteiger partial charge in [0, 0.05) is 0 Å². The minimum absolute atomic E-state index is 0.202. The summed E-state index contributed by atoms with van der Waals surface area (Å²) in [6.07, 6.45) is -1.28. The smallest absolute Gasteiger partial charge is 0.231 e. The maximum atomic E-state index is 9.87. The molecule has 5 heteroatoms. The molecular weight excluding hydrogens is 228 g/mol. The Kier molecular flexibility index (Phi) is 3.58. The molecule has 4 nitrogen and oxygen atoms in total. The molecule has 16 heavy (non-hydrogen) atoms. The first-order valence-electron chi connectivity index (χ1n) is 5.09. The lowest BCUT2D eigenvalue weighted by molar-refractivity contribution is 0.0171. The van der Waals surface area contributed by atoms with E-state index >= 15 is 0 Å². The zero-order valence-corrected chi connectivity index (χ0v) is 9.56. The Bertz CT molecular complexity index is 369. The van der Waals surface area contributed by atoms with Gasteiger partial charge in [-0.2, -0.15) is 12.6 Å². The van der Waals surface area contributed by atoms with Gasteiger partial charge in [-0.15, -0.1) is 0 Å². The second-order valence-electron chi connectivity index (χ2n) is 3.64. The summed E-state index contributed by atoms with van der Waals surface area (Å²) in [4.78, 5) is 0. The third-order valence-corrected chi connectivity index (χ3v) is 2.79. The number of aliphatic hydroxyl groups excluding tert-OH is 2. The third kappa shape index (κ3) is 2.26. The molecule has 0 fully saturated rings. The first kappa shape index (κ1) is 11.6. The number of aliphatic hydroxyl groups is 2. The quantitative estimate of drug-likeness (QED) is 0.693. The fourth-order valence-electron chi connectivity index (χ4n) is 1.61. The lowest BCUT2D eigenvalue weighted by Gasteiger charge is -2.17. The van der Waals surface area contributed by atoms with Crippen LogP contribution < -0.4 is 9.47 Å². The highest BCUT2D eigenvalue weighted by Crippen LogP contribution is 2.35. The summed E-state index contributed by atoms with van der Waals surface area (Å²) >= 11 is 4.02. The first-order valence-corrected chi connectivity index (χ1v) is 5.72. The van der Waals surface area contributed by atoms with Gasteiger partial charge in [-0.1, -0.05) is 6.07 Å². The molecule has 0 radical (unpaired) electrons. The van der Waals surface area contributed by atoms with Crippen LogP contribution in [0.1, 0.15) is 18.1 Å². The van der Waals surface area contributed by atoms with Gasteiger partial charge in [0.05, 0.1) is 6.10 Å². The van der Waals surface area contributed by atoms with E-state index < -0.39 is 12.2 Å². The molecule has 1 aliphatic rings. The Morgan fingerprint density at radius 1 is 1.25 bits per heavy atom. The Labute approximate surface area is 99.2 Å². The highest BCUT2D eigenvalue weighted by atomic mass is 32.1. The van der Waals surface area contributed by atoms with Crippen LogP contribution in [0.5, 0.6) is 11.5 Å². The van der Waals surface area contributed by atoms with E-state index in [1.807, 2.05) is 0 Å². The van der Waals surface area contributed by atoms with E-state index in [0.29, 0.717) is 29.2 Å². The van der Waals surface area contributed by atoms with Gasteiger partial charge in [0.2, 0.25) is 6.79 Å². The molecule has 1 aromatic carbocycles. The van der Waals surface area contributed by atoms with Crippen molar-refractivity contribution in [3.05, 3.63) is 23.8 Å². The Balaban J connectivity index is 2.14. The van der Waals surface area contributed by atoms with Crippen LogP contribution in [-0.4, -0.2) is 28.9 Å². The van der Waals surface area contributed by atoms with Crippen LogP contribution >= 0.6 is 12.6 Å². The average molecular weight is 242 g/mol. The van der Waals surface area contributed by atoms with Gasteiger partial charge in [0.1, 0.15) is 6.10 Å². The van der Waals surface area contributed by atoms with Crippen molar-refractivity contribution in [1.82, 2.24) is 0 Å². The van der Waals surface area contributed by atoms with Gasteiger partial charge in [-0.25, -0.2) is 0 Å². The summed E-state index contributed by atoms with van der Waals surface area (Å²) in [5, 5.41) is 19.5. The van der Waals surface area contributed by atoms with Gasteiger partial charge in [0.15, 0.2) is 11.5 Å². The van der Waals surface area contributed by atoms with Crippen LogP contribution in [0.2, 0.25) is 0 Å². The summed E-state index contributed by atoms with van der Waals surface area (Å²) in [5.74, 6) is 1.80. The van der Waals surface area contributed by atoms with Gasteiger partial charge in [-0.05, 0) is 29.9 Å². The maximum absolute atomic E-state index is 9.87. The van der Waals surface area contributed by atoms with Crippen molar-refractivity contribution < 1.29 is 19.7 Å². The molecule has 2 unspecified atom stereocenters. The second-order valence-corrected chi connectivity index (χ2v) is 4.08. The van der Waals surface area contributed by atoms with Gasteiger partial charge in [-0.3, -0.25) is 0 Å². The molecule has 0 spiro atoms. The van der Waals surface area contributed by atoms with E-state index in [1.54, 1.807) is 18.2 Å². The van der Waals surface area contributed by atoms with E-state index in [1.165, 1.54) is 0 Å². The fraction of sp³-hybridized carbons (Fsp3) is 0.455. The predicted molar refractivity (Wildman–Crippen MR) is 62.0 cm³/mol. The van der Waals surface area contributed by atoms with Crippen molar-refractivity contribution in [2.24, 2.45) is 0 Å². The minimum Gasteiger partial charge on any atom is -0.454 e. The summed E-state index contributed by atoms with van der Waals surface area (Å²) in [6, 6.07) is 5.14. The number of benzene rings is 1. The molecule has 0 saturated carbocycles. The number of ether oxygens (including phenoxy) is 2. The molecule has 0 bridgehead atoms. The van der Waals surface area contributed by atoms with Crippen molar-refractivity contribution >= 4 is 12.6 Å². The average Bonchev–Trinajstić information content (AvgIpc) is 2.75. The van der Waals surface area contributed by atoms with Gasteiger partial charge in [0.25, 0.3) is 0 Å². The van der Waals surface area contributed by atoms with E-state index in [4.69, 9.17) is 9.47 Å². The highest BCUT2D eigenvalue weighted by Gasteiger charge is 2.21. The van der Waals surface area contributed by atoms with E-state index in [-0.39, 0.29) is 6.79 Å². The van der Waals surface area contributed by atoms with Crippen LogP contribution in [0.15, 0.2) is 18.2 Å². The van der Waals surface area contributed by atoms with E-state index in [0.717, 1.165) is 0 Å². The molecule has 1 aliphatic heterocycles. The molecule has 2 rings (SSSR count). The minimum atomic E-state index is -0.915. The number of rotatable bonds is 4. The largest absolute Gasteiger partial charge is 0.454 e. The Morgan fingerprint density at radius 3 is 2.75 bits per heavy atom. The standard InChI is InChI=1S/C11H14O4S/c12-8(3-4-16)11(13)7-1-2-9-10(5-7)15-6-14-9/h1-2,5,8,11-13,16H,3-4,6H2. The molecule has 0 aliphatic carbocycles. The normalized spacial score (nSPS) is 17.2. The van der Waals surface area contributed by atoms with Gasteiger partial charge >= 0.3 is 0 Å². The Morgan fingerprint density at radius 2 is 2.00 bits per heavy atom. The topological polar surface area (TPSA) is 58.9 Å². The van der Waals surface area contributed by atoms with Gasteiger partial charge < -0.3 is 19.7 Å². The molecule has 2 atom stereocenters. The maximum Gasteiger partial charge on any atom is 0.231 e.